The SMILES string of the molecule is CCOc1ccccc1CN1C(=O)c2cc3occc3n2CC1(C)C(=O)NC1CCCCC1. The lowest BCUT2D eigenvalue weighted by Gasteiger charge is -2.45. The molecule has 7 nitrogen and oxygen atoms in total. The van der Waals surface area contributed by atoms with Gasteiger partial charge in [-0.1, -0.05) is 37.5 Å². The first-order valence-corrected chi connectivity index (χ1v) is 11.9. The maximum atomic E-state index is 13.8. The zero-order chi connectivity index (χ0) is 23.0. The van der Waals surface area contributed by atoms with Gasteiger partial charge < -0.3 is 23.9 Å². The summed E-state index contributed by atoms with van der Waals surface area (Å²) < 4.78 is 13.3. The van der Waals surface area contributed by atoms with Gasteiger partial charge in [-0.15, -0.1) is 0 Å². The summed E-state index contributed by atoms with van der Waals surface area (Å²) in [5.41, 5.74) is 1.87. The predicted molar refractivity (Wildman–Crippen MR) is 125 cm³/mol. The summed E-state index contributed by atoms with van der Waals surface area (Å²) in [5, 5.41) is 3.27. The van der Waals surface area contributed by atoms with Gasteiger partial charge in [0.1, 0.15) is 17.0 Å². The number of furan rings is 1. The molecular formula is C26H31N3O4. The van der Waals surface area contributed by atoms with Crippen molar-refractivity contribution in [1.82, 2.24) is 14.8 Å². The number of fused-ring (bicyclic) bond motifs is 3. The summed E-state index contributed by atoms with van der Waals surface area (Å²) in [6, 6.07) is 11.5. The molecule has 2 aliphatic rings. The van der Waals surface area contributed by atoms with Gasteiger partial charge >= 0.3 is 0 Å². The molecule has 1 saturated carbocycles. The van der Waals surface area contributed by atoms with E-state index < -0.39 is 5.54 Å². The molecule has 3 heterocycles. The number of aromatic nitrogens is 1. The van der Waals surface area contributed by atoms with Crippen LogP contribution in [0.5, 0.6) is 5.75 Å². The Morgan fingerprint density at radius 1 is 1.21 bits per heavy atom. The third-order valence-electron chi connectivity index (χ3n) is 7.08. The summed E-state index contributed by atoms with van der Waals surface area (Å²) >= 11 is 0. The molecule has 7 heteroatoms. The fourth-order valence-corrected chi connectivity index (χ4v) is 5.21. The van der Waals surface area contributed by atoms with Gasteiger partial charge in [-0.3, -0.25) is 9.59 Å². The number of carbonyl (C=O) groups is 2. The topological polar surface area (TPSA) is 76.7 Å². The van der Waals surface area contributed by atoms with Gasteiger partial charge in [-0.2, -0.15) is 0 Å². The minimum atomic E-state index is -1.05. The van der Waals surface area contributed by atoms with Crippen LogP contribution in [0.2, 0.25) is 0 Å². The average Bonchev–Trinajstić information content (AvgIpc) is 3.41. The average molecular weight is 450 g/mol. The minimum Gasteiger partial charge on any atom is -0.494 e. The summed E-state index contributed by atoms with van der Waals surface area (Å²) in [5.74, 6) is 0.449. The summed E-state index contributed by atoms with van der Waals surface area (Å²) in [7, 11) is 0. The molecule has 1 aromatic carbocycles. The first-order valence-electron chi connectivity index (χ1n) is 11.9. The van der Waals surface area contributed by atoms with Gasteiger partial charge in [-0.05, 0) is 32.8 Å². The summed E-state index contributed by atoms with van der Waals surface area (Å²) in [4.78, 5) is 29.3. The van der Waals surface area contributed by atoms with Crippen molar-refractivity contribution in [2.45, 2.75) is 70.6 Å². The van der Waals surface area contributed by atoms with E-state index in [4.69, 9.17) is 9.15 Å². The normalized spacial score (nSPS) is 21.3. The van der Waals surface area contributed by atoms with E-state index >= 15 is 0 Å². The molecule has 0 saturated heterocycles. The van der Waals surface area contributed by atoms with Crippen molar-refractivity contribution in [1.29, 1.82) is 0 Å². The molecule has 1 aliphatic carbocycles. The Morgan fingerprint density at radius 2 is 2.00 bits per heavy atom. The van der Waals surface area contributed by atoms with E-state index in [-0.39, 0.29) is 24.4 Å². The first kappa shape index (κ1) is 21.6. The largest absolute Gasteiger partial charge is 0.494 e. The number of nitrogens with zero attached hydrogens (tertiary/aromatic N) is 2. The van der Waals surface area contributed by atoms with Crippen molar-refractivity contribution in [3.63, 3.8) is 0 Å². The second kappa shape index (κ2) is 8.61. The molecule has 2 amide bonds. The number of hydrogen-bond acceptors (Lipinski definition) is 4. The number of rotatable bonds is 6. The molecule has 0 spiro atoms. The Bertz CT molecular complexity index is 1170. The van der Waals surface area contributed by atoms with Crippen LogP contribution in [-0.4, -0.2) is 39.5 Å². The van der Waals surface area contributed by atoms with Crippen LogP contribution in [-0.2, 0) is 17.9 Å². The van der Waals surface area contributed by atoms with E-state index in [9.17, 15) is 9.59 Å². The van der Waals surface area contributed by atoms with Crippen LogP contribution >= 0.6 is 0 Å². The Morgan fingerprint density at radius 3 is 2.79 bits per heavy atom. The van der Waals surface area contributed by atoms with E-state index in [2.05, 4.69) is 5.32 Å². The van der Waals surface area contributed by atoms with Gasteiger partial charge in [0, 0.05) is 23.7 Å². The van der Waals surface area contributed by atoms with Gasteiger partial charge in [0.2, 0.25) is 5.91 Å². The molecule has 1 atom stereocenters. The van der Waals surface area contributed by atoms with Gasteiger partial charge in [0.05, 0.1) is 31.5 Å². The Hall–Kier alpha value is -3.22. The highest BCUT2D eigenvalue weighted by Crippen LogP contribution is 2.35. The summed E-state index contributed by atoms with van der Waals surface area (Å²) in [6.45, 7) is 5.00. The van der Waals surface area contributed by atoms with E-state index in [0.29, 0.717) is 24.4 Å². The lowest BCUT2D eigenvalue weighted by molar-refractivity contribution is -0.134. The van der Waals surface area contributed by atoms with E-state index in [1.54, 1.807) is 17.2 Å². The smallest absolute Gasteiger partial charge is 0.271 e. The lowest BCUT2D eigenvalue weighted by atomic mass is 9.91. The number of carbonyl (C=O) groups excluding carboxylic acids is 2. The molecule has 0 bridgehead atoms. The number of para-hydroxylation sites is 1. The van der Waals surface area contributed by atoms with Crippen molar-refractivity contribution in [2.75, 3.05) is 6.61 Å². The number of benzene rings is 1. The van der Waals surface area contributed by atoms with Crippen LogP contribution in [0.3, 0.4) is 0 Å². The Labute approximate surface area is 193 Å². The lowest BCUT2D eigenvalue weighted by Crippen LogP contribution is -2.64. The van der Waals surface area contributed by atoms with Crippen LogP contribution in [0.4, 0.5) is 0 Å². The zero-order valence-corrected chi connectivity index (χ0v) is 19.3. The second-order valence-electron chi connectivity index (χ2n) is 9.30. The fraction of sp³-hybridized carbons (Fsp3) is 0.462. The zero-order valence-electron chi connectivity index (χ0n) is 19.3. The van der Waals surface area contributed by atoms with Crippen LogP contribution in [0.1, 0.15) is 62.0 Å². The number of nitrogens with one attached hydrogen (secondary N) is 1. The highest BCUT2D eigenvalue weighted by atomic mass is 16.5. The van der Waals surface area contributed by atoms with Gasteiger partial charge in [0.25, 0.3) is 5.91 Å². The van der Waals surface area contributed by atoms with E-state index in [1.165, 1.54) is 6.42 Å². The molecule has 3 aromatic rings. The maximum absolute atomic E-state index is 13.8. The number of amides is 2. The molecule has 1 fully saturated rings. The van der Waals surface area contributed by atoms with Crippen LogP contribution in [0.15, 0.2) is 47.1 Å². The number of hydrogen-bond donors (Lipinski definition) is 1. The molecule has 33 heavy (non-hydrogen) atoms. The Balaban J connectivity index is 1.54. The molecule has 5 rings (SSSR count). The maximum Gasteiger partial charge on any atom is 0.271 e. The fourth-order valence-electron chi connectivity index (χ4n) is 5.21. The molecule has 1 N–H and O–H groups in total. The van der Waals surface area contributed by atoms with Crippen LogP contribution in [0, 0.1) is 0 Å². The highest BCUT2D eigenvalue weighted by Gasteiger charge is 2.48. The third kappa shape index (κ3) is 3.79. The third-order valence-corrected chi connectivity index (χ3v) is 7.08. The van der Waals surface area contributed by atoms with Crippen molar-refractivity contribution in [2.24, 2.45) is 0 Å². The first-order chi connectivity index (χ1) is 16.0. The van der Waals surface area contributed by atoms with Gasteiger partial charge in [0.15, 0.2) is 5.58 Å². The van der Waals surface area contributed by atoms with E-state index in [1.807, 2.05) is 48.7 Å². The molecule has 1 unspecified atom stereocenters. The molecular weight excluding hydrogens is 418 g/mol. The van der Waals surface area contributed by atoms with Crippen molar-refractivity contribution < 1.29 is 18.7 Å². The Kier molecular flexibility index (Phi) is 5.64. The highest BCUT2D eigenvalue weighted by molar-refractivity contribution is 6.02. The molecule has 1 aliphatic heterocycles. The van der Waals surface area contributed by atoms with Crippen molar-refractivity contribution in [3.8, 4) is 5.75 Å². The van der Waals surface area contributed by atoms with Crippen molar-refractivity contribution >= 4 is 22.9 Å². The van der Waals surface area contributed by atoms with Crippen molar-refractivity contribution in [3.05, 3.63) is 53.9 Å². The predicted octanol–water partition coefficient (Wildman–Crippen LogP) is 4.50. The monoisotopic (exact) mass is 449 g/mol. The standard InChI is InChI=1S/C26H31N3O4/c1-3-32-22-12-8-7-9-18(22)16-29-24(30)21-15-23-20(13-14-33-23)28(21)17-26(29,2)25(31)27-19-10-5-4-6-11-19/h7-9,12-15,19H,3-6,10-11,16-17H2,1-2H3,(H,27,31). The molecule has 0 radical (unpaired) electrons. The quantitative estimate of drug-likeness (QED) is 0.601. The summed E-state index contributed by atoms with van der Waals surface area (Å²) in [6.07, 6.45) is 7.07. The van der Waals surface area contributed by atoms with Gasteiger partial charge in [-0.25, -0.2) is 0 Å². The van der Waals surface area contributed by atoms with Crippen LogP contribution in [0.25, 0.3) is 11.1 Å². The minimum absolute atomic E-state index is 0.104. The van der Waals surface area contributed by atoms with Crippen LogP contribution < -0.4 is 10.1 Å². The molecule has 174 valence electrons. The van der Waals surface area contributed by atoms with E-state index in [0.717, 1.165) is 42.5 Å². The molecule has 2 aromatic heterocycles. The number of ether oxygens (including phenoxy) is 1. The second-order valence-corrected chi connectivity index (χ2v) is 9.30.